The molecule has 0 spiro atoms. The van der Waals surface area contributed by atoms with Gasteiger partial charge in [-0.1, -0.05) is 32.1 Å². The summed E-state index contributed by atoms with van der Waals surface area (Å²) in [5, 5.41) is -0.373. The van der Waals surface area contributed by atoms with Crippen molar-refractivity contribution in [2.75, 3.05) is 0 Å². The van der Waals surface area contributed by atoms with Crippen molar-refractivity contribution < 1.29 is 4.39 Å². The smallest absolute Gasteiger partial charge is 0.213 e. The molecule has 0 aliphatic heterocycles. The van der Waals surface area contributed by atoms with Crippen LogP contribution in [0.25, 0.3) is 0 Å². The number of hydrogen-bond acceptors (Lipinski definition) is 2. The molecule has 0 fully saturated rings. The molecular formula is C7H9BrFNS. The van der Waals surface area contributed by atoms with Crippen molar-refractivity contribution in [2.24, 2.45) is 0 Å². The number of nitrogens with zero attached hydrogens (tertiary/aromatic N) is 1. The van der Waals surface area contributed by atoms with E-state index in [1.807, 2.05) is 20.8 Å². The van der Waals surface area contributed by atoms with Crippen molar-refractivity contribution in [2.45, 2.75) is 26.2 Å². The van der Waals surface area contributed by atoms with Gasteiger partial charge >= 0.3 is 0 Å². The predicted octanol–water partition coefficient (Wildman–Crippen LogP) is 3.34. The Labute approximate surface area is 77.8 Å². The summed E-state index contributed by atoms with van der Waals surface area (Å²) in [6.45, 7) is 6.02. The Bertz CT molecular complexity index is 264. The van der Waals surface area contributed by atoms with E-state index in [0.717, 1.165) is 20.8 Å². The van der Waals surface area contributed by atoms with Gasteiger partial charge in [0.1, 0.15) is 0 Å². The highest BCUT2D eigenvalue weighted by molar-refractivity contribution is 9.11. The number of hydrogen-bond donors (Lipinski definition) is 0. The van der Waals surface area contributed by atoms with Gasteiger partial charge in [-0.15, -0.1) is 0 Å². The van der Waals surface area contributed by atoms with E-state index >= 15 is 0 Å². The minimum Gasteiger partial charge on any atom is -0.213 e. The van der Waals surface area contributed by atoms with Crippen molar-refractivity contribution >= 4 is 27.3 Å². The summed E-state index contributed by atoms with van der Waals surface area (Å²) in [5.41, 5.74) is 0.708. The summed E-state index contributed by atoms with van der Waals surface area (Å²) in [7, 11) is 0. The van der Waals surface area contributed by atoms with Crippen LogP contribution in [-0.2, 0) is 5.41 Å². The SMILES string of the molecule is CC(C)(C)c1nc(F)sc1Br. The predicted molar refractivity (Wildman–Crippen MR) is 48.5 cm³/mol. The largest absolute Gasteiger partial charge is 0.270 e. The quantitative estimate of drug-likeness (QED) is 0.675. The third-order valence-electron chi connectivity index (χ3n) is 1.27. The first-order valence-corrected chi connectivity index (χ1v) is 4.84. The lowest BCUT2D eigenvalue weighted by Crippen LogP contribution is -2.12. The molecule has 0 unspecified atom stereocenters. The van der Waals surface area contributed by atoms with Gasteiger partial charge in [0, 0.05) is 5.41 Å². The minimum absolute atomic E-state index is 0.0837. The van der Waals surface area contributed by atoms with Gasteiger partial charge in [-0.3, -0.25) is 0 Å². The molecule has 1 aromatic rings. The number of rotatable bonds is 0. The van der Waals surface area contributed by atoms with Gasteiger partial charge in [0.25, 0.3) is 5.26 Å². The van der Waals surface area contributed by atoms with Gasteiger partial charge in [0.05, 0.1) is 9.48 Å². The number of thiazole rings is 1. The average molecular weight is 238 g/mol. The van der Waals surface area contributed by atoms with Gasteiger partial charge in [0.15, 0.2) is 0 Å². The molecule has 11 heavy (non-hydrogen) atoms. The van der Waals surface area contributed by atoms with Crippen molar-refractivity contribution in [3.05, 3.63) is 14.7 Å². The summed E-state index contributed by atoms with van der Waals surface area (Å²) in [4.78, 5) is 3.79. The van der Waals surface area contributed by atoms with Crippen molar-refractivity contribution in [1.29, 1.82) is 0 Å². The van der Waals surface area contributed by atoms with Crippen LogP contribution in [0.1, 0.15) is 26.5 Å². The van der Waals surface area contributed by atoms with E-state index in [9.17, 15) is 4.39 Å². The van der Waals surface area contributed by atoms with E-state index in [2.05, 4.69) is 20.9 Å². The topological polar surface area (TPSA) is 12.9 Å². The Hall–Kier alpha value is 0.0400. The lowest BCUT2D eigenvalue weighted by molar-refractivity contribution is 0.543. The fourth-order valence-electron chi connectivity index (χ4n) is 0.739. The van der Waals surface area contributed by atoms with E-state index in [4.69, 9.17) is 0 Å². The fraction of sp³-hybridized carbons (Fsp3) is 0.571. The van der Waals surface area contributed by atoms with E-state index in [0.29, 0.717) is 0 Å². The molecule has 0 aliphatic rings. The van der Waals surface area contributed by atoms with Crippen molar-refractivity contribution in [3.63, 3.8) is 0 Å². The Kier molecular flexibility index (Phi) is 2.35. The zero-order valence-corrected chi connectivity index (χ0v) is 9.01. The molecule has 1 rings (SSSR count). The Balaban J connectivity index is 3.13. The normalized spacial score (nSPS) is 12.1. The molecule has 62 valence electrons. The molecular weight excluding hydrogens is 229 g/mol. The molecule has 0 saturated heterocycles. The van der Waals surface area contributed by atoms with Gasteiger partial charge < -0.3 is 0 Å². The van der Waals surface area contributed by atoms with Crippen molar-refractivity contribution in [1.82, 2.24) is 4.98 Å². The lowest BCUT2D eigenvalue weighted by atomic mass is 9.93. The molecule has 0 bridgehead atoms. The maximum atomic E-state index is 12.6. The molecule has 0 aliphatic carbocycles. The summed E-state index contributed by atoms with van der Waals surface area (Å²) in [6, 6.07) is 0. The molecule has 0 N–H and O–H groups in total. The summed E-state index contributed by atoms with van der Waals surface area (Å²) in [6.07, 6.45) is 0. The monoisotopic (exact) mass is 237 g/mol. The van der Waals surface area contributed by atoms with Crippen LogP contribution in [0.15, 0.2) is 3.79 Å². The minimum atomic E-state index is -0.373. The van der Waals surface area contributed by atoms with Crippen molar-refractivity contribution in [3.8, 4) is 0 Å². The standard InChI is InChI=1S/C7H9BrFNS/c1-7(2,3)4-5(8)11-6(9)10-4/h1-3H3. The summed E-state index contributed by atoms with van der Waals surface area (Å²) < 4.78 is 13.4. The van der Waals surface area contributed by atoms with Gasteiger partial charge in [-0.05, 0) is 15.9 Å². The number of halogens is 2. The highest BCUT2D eigenvalue weighted by atomic mass is 79.9. The first-order valence-electron chi connectivity index (χ1n) is 3.23. The van der Waals surface area contributed by atoms with Gasteiger partial charge in [-0.2, -0.15) is 4.39 Å². The maximum absolute atomic E-state index is 12.6. The molecule has 4 heteroatoms. The fourth-order valence-corrected chi connectivity index (χ4v) is 2.56. The van der Waals surface area contributed by atoms with Crippen LogP contribution in [0.4, 0.5) is 4.39 Å². The van der Waals surface area contributed by atoms with E-state index in [-0.39, 0.29) is 10.7 Å². The molecule has 1 nitrogen and oxygen atoms in total. The summed E-state index contributed by atoms with van der Waals surface area (Å²) >= 11 is 4.30. The molecule has 0 radical (unpaired) electrons. The van der Waals surface area contributed by atoms with E-state index in [1.54, 1.807) is 0 Å². The third-order valence-corrected chi connectivity index (χ3v) is 2.76. The second kappa shape index (κ2) is 2.83. The average Bonchev–Trinajstić information content (AvgIpc) is 2.08. The molecule has 0 saturated carbocycles. The first kappa shape index (κ1) is 9.13. The second-order valence-electron chi connectivity index (χ2n) is 3.34. The zero-order valence-electron chi connectivity index (χ0n) is 6.61. The first-order chi connectivity index (χ1) is 4.91. The van der Waals surface area contributed by atoms with E-state index in [1.165, 1.54) is 0 Å². The van der Waals surface area contributed by atoms with Gasteiger partial charge in [0.2, 0.25) is 0 Å². The summed E-state index contributed by atoms with van der Waals surface area (Å²) in [5.74, 6) is 0. The highest BCUT2D eigenvalue weighted by Gasteiger charge is 2.21. The molecule has 0 aromatic carbocycles. The van der Waals surface area contributed by atoms with Crippen LogP contribution < -0.4 is 0 Å². The Morgan fingerprint density at radius 1 is 1.45 bits per heavy atom. The van der Waals surface area contributed by atoms with Crippen LogP contribution in [-0.4, -0.2) is 4.98 Å². The van der Waals surface area contributed by atoms with Crippen LogP contribution in [0.5, 0.6) is 0 Å². The third kappa shape index (κ3) is 1.99. The highest BCUT2D eigenvalue weighted by Crippen LogP contribution is 2.32. The van der Waals surface area contributed by atoms with Crippen LogP contribution in [0, 0.1) is 5.26 Å². The molecule has 0 atom stereocenters. The lowest BCUT2D eigenvalue weighted by Gasteiger charge is -2.14. The van der Waals surface area contributed by atoms with Gasteiger partial charge in [-0.25, -0.2) is 4.98 Å². The van der Waals surface area contributed by atoms with Crippen LogP contribution >= 0.6 is 27.3 Å². The molecule has 1 heterocycles. The number of aromatic nitrogens is 1. The molecule has 0 amide bonds. The van der Waals surface area contributed by atoms with Crippen LogP contribution in [0.2, 0.25) is 0 Å². The Morgan fingerprint density at radius 2 is 2.00 bits per heavy atom. The van der Waals surface area contributed by atoms with E-state index < -0.39 is 0 Å². The molecule has 1 aromatic heterocycles. The second-order valence-corrected chi connectivity index (χ2v) is 5.61. The van der Waals surface area contributed by atoms with Crippen LogP contribution in [0.3, 0.4) is 0 Å². The maximum Gasteiger partial charge on any atom is 0.270 e. The Morgan fingerprint density at radius 3 is 2.18 bits per heavy atom. The zero-order chi connectivity index (χ0) is 8.65.